The van der Waals surface area contributed by atoms with Gasteiger partial charge in [0.2, 0.25) is 5.91 Å². The number of likely N-dealkylation sites (tertiary alicyclic amines) is 1. The predicted octanol–water partition coefficient (Wildman–Crippen LogP) is 0.540. The van der Waals surface area contributed by atoms with Crippen molar-refractivity contribution in [1.82, 2.24) is 10.2 Å². The van der Waals surface area contributed by atoms with Gasteiger partial charge in [0.25, 0.3) is 0 Å². The first-order chi connectivity index (χ1) is 8.72. The Balaban J connectivity index is 1.79. The first kappa shape index (κ1) is 13.3. The summed E-state index contributed by atoms with van der Waals surface area (Å²) < 4.78 is 5.02. The lowest BCUT2D eigenvalue weighted by molar-refractivity contribution is -0.151. The van der Waals surface area contributed by atoms with Crippen LogP contribution in [0.2, 0.25) is 0 Å². The molecule has 2 aliphatic rings. The van der Waals surface area contributed by atoms with Crippen LogP contribution >= 0.6 is 0 Å². The van der Waals surface area contributed by atoms with Crippen molar-refractivity contribution < 1.29 is 14.3 Å². The van der Waals surface area contributed by atoms with Gasteiger partial charge in [0.1, 0.15) is 0 Å². The van der Waals surface area contributed by atoms with E-state index in [1.807, 2.05) is 11.8 Å². The summed E-state index contributed by atoms with van der Waals surface area (Å²) in [5.41, 5.74) is 0. The molecule has 1 N–H and O–H groups in total. The van der Waals surface area contributed by atoms with Gasteiger partial charge in [-0.15, -0.1) is 0 Å². The number of carbonyl (C=O) groups is 2. The molecular weight excluding hydrogens is 232 g/mol. The van der Waals surface area contributed by atoms with Crippen molar-refractivity contribution >= 4 is 11.9 Å². The van der Waals surface area contributed by atoms with E-state index in [4.69, 9.17) is 4.74 Å². The van der Waals surface area contributed by atoms with Gasteiger partial charge in [-0.1, -0.05) is 0 Å². The molecule has 0 aromatic heterocycles. The molecule has 5 heteroatoms. The molecule has 0 radical (unpaired) electrons. The molecule has 102 valence electrons. The molecule has 1 atom stereocenters. The van der Waals surface area contributed by atoms with Crippen molar-refractivity contribution in [3.8, 4) is 0 Å². The monoisotopic (exact) mass is 254 g/mol. The minimum Gasteiger partial charge on any atom is -0.466 e. The van der Waals surface area contributed by atoms with E-state index >= 15 is 0 Å². The van der Waals surface area contributed by atoms with Gasteiger partial charge in [0.15, 0.2) is 0 Å². The largest absolute Gasteiger partial charge is 0.466 e. The highest BCUT2D eigenvalue weighted by Crippen LogP contribution is 2.20. The second kappa shape index (κ2) is 6.18. The van der Waals surface area contributed by atoms with Crippen LogP contribution in [-0.4, -0.2) is 49.1 Å². The fourth-order valence-electron chi connectivity index (χ4n) is 2.71. The Bertz CT molecular complexity index is 305. The number of nitrogens with zero attached hydrogens (tertiary/aromatic N) is 1. The number of amides is 1. The number of hydrogen-bond acceptors (Lipinski definition) is 4. The van der Waals surface area contributed by atoms with Crippen molar-refractivity contribution in [3.05, 3.63) is 0 Å². The predicted molar refractivity (Wildman–Crippen MR) is 67.0 cm³/mol. The summed E-state index contributed by atoms with van der Waals surface area (Å²) in [6.45, 7) is 4.56. The van der Waals surface area contributed by atoms with E-state index in [1.165, 1.54) is 0 Å². The molecular formula is C13H22N2O3. The molecule has 18 heavy (non-hydrogen) atoms. The maximum atomic E-state index is 12.1. The summed E-state index contributed by atoms with van der Waals surface area (Å²) in [6, 6.07) is 0.00384. The van der Waals surface area contributed by atoms with Crippen molar-refractivity contribution in [2.75, 3.05) is 26.2 Å². The van der Waals surface area contributed by atoms with Gasteiger partial charge in [-0.3, -0.25) is 9.59 Å². The zero-order valence-electron chi connectivity index (χ0n) is 11.0. The van der Waals surface area contributed by atoms with Crippen LogP contribution in [0.15, 0.2) is 0 Å². The van der Waals surface area contributed by atoms with E-state index in [1.54, 1.807) is 0 Å². The van der Waals surface area contributed by atoms with E-state index in [2.05, 4.69) is 5.32 Å². The van der Waals surface area contributed by atoms with Crippen LogP contribution in [0.5, 0.6) is 0 Å². The quantitative estimate of drug-likeness (QED) is 0.747. The molecule has 0 unspecified atom stereocenters. The van der Waals surface area contributed by atoms with Crippen molar-refractivity contribution in [1.29, 1.82) is 0 Å². The van der Waals surface area contributed by atoms with Gasteiger partial charge in [-0.05, 0) is 39.2 Å². The lowest BCUT2D eigenvalue weighted by atomic mass is 9.96. The molecule has 0 saturated carbocycles. The van der Waals surface area contributed by atoms with Gasteiger partial charge in [0.05, 0.1) is 18.6 Å². The van der Waals surface area contributed by atoms with E-state index < -0.39 is 0 Å². The Morgan fingerprint density at radius 1 is 1.28 bits per heavy atom. The third kappa shape index (κ3) is 3.02. The first-order valence-corrected chi connectivity index (χ1v) is 6.91. The van der Waals surface area contributed by atoms with Crippen LogP contribution in [0.1, 0.15) is 32.6 Å². The van der Waals surface area contributed by atoms with Crippen LogP contribution in [0.25, 0.3) is 0 Å². The van der Waals surface area contributed by atoms with Crippen LogP contribution in [-0.2, 0) is 14.3 Å². The molecule has 2 saturated heterocycles. The standard InChI is InChI=1S/C13H22N2O3/c1-2-18-13(17)10-5-8-15(9-6-10)12(16)11-4-3-7-14-11/h10-11,14H,2-9H2,1H3/t11-/m1/s1. The highest BCUT2D eigenvalue weighted by Gasteiger charge is 2.32. The molecule has 1 amide bonds. The van der Waals surface area contributed by atoms with Crippen LogP contribution in [0.3, 0.4) is 0 Å². The van der Waals surface area contributed by atoms with E-state index in [9.17, 15) is 9.59 Å². The third-order valence-corrected chi connectivity index (χ3v) is 3.78. The van der Waals surface area contributed by atoms with E-state index in [0.717, 1.165) is 32.2 Å². The molecule has 0 aliphatic carbocycles. The number of rotatable bonds is 3. The van der Waals surface area contributed by atoms with Gasteiger partial charge >= 0.3 is 5.97 Å². The Kier molecular flexibility index (Phi) is 4.58. The average Bonchev–Trinajstić information content (AvgIpc) is 2.92. The summed E-state index contributed by atoms with van der Waals surface area (Å²) in [5.74, 6) is 0.0731. The van der Waals surface area contributed by atoms with E-state index in [0.29, 0.717) is 19.7 Å². The lowest BCUT2D eigenvalue weighted by Crippen LogP contribution is -2.47. The second-order valence-electron chi connectivity index (χ2n) is 5.00. The molecule has 2 fully saturated rings. The highest BCUT2D eigenvalue weighted by atomic mass is 16.5. The number of ether oxygens (including phenoxy) is 1. The Labute approximate surface area is 108 Å². The van der Waals surface area contributed by atoms with Gasteiger partial charge < -0.3 is 15.0 Å². The molecule has 5 nitrogen and oxygen atoms in total. The number of carbonyl (C=O) groups excluding carboxylic acids is 2. The Hall–Kier alpha value is -1.10. The van der Waals surface area contributed by atoms with Crippen molar-refractivity contribution in [2.45, 2.75) is 38.6 Å². The molecule has 0 spiro atoms. The van der Waals surface area contributed by atoms with Crippen molar-refractivity contribution in [2.24, 2.45) is 5.92 Å². The first-order valence-electron chi connectivity index (χ1n) is 6.91. The summed E-state index contributed by atoms with van der Waals surface area (Å²) in [6.07, 6.45) is 3.49. The van der Waals surface area contributed by atoms with Crippen LogP contribution in [0, 0.1) is 5.92 Å². The third-order valence-electron chi connectivity index (χ3n) is 3.78. The molecule has 2 heterocycles. The fraction of sp³-hybridized carbons (Fsp3) is 0.846. The number of hydrogen-bond donors (Lipinski definition) is 1. The summed E-state index contributed by atoms with van der Waals surface area (Å²) in [7, 11) is 0. The minimum absolute atomic E-state index is 0.00384. The average molecular weight is 254 g/mol. The molecule has 0 aromatic carbocycles. The van der Waals surface area contributed by atoms with Crippen LogP contribution < -0.4 is 5.32 Å². The number of piperidine rings is 1. The summed E-state index contributed by atoms with van der Waals surface area (Å²) in [4.78, 5) is 25.6. The minimum atomic E-state index is -0.108. The maximum absolute atomic E-state index is 12.1. The van der Waals surface area contributed by atoms with E-state index in [-0.39, 0.29) is 23.8 Å². The zero-order chi connectivity index (χ0) is 13.0. The van der Waals surface area contributed by atoms with Gasteiger partial charge in [-0.2, -0.15) is 0 Å². The molecule has 0 bridgehead atoms. The second-order valence-corrected chi connectivity index (χ2v) is 5.00. The maximum Gasteiger partial charge on any atom is 0.309 e. The Morgan fingerprint density at radius 3 is 2.56 bits per heavy atom. The topological polar surface area (TPSA) is 58.6 Å². The smallest absolute Gasteiger partial charge is 0.309 e. The van der Waals surface area contributed by atoms with Crippen LogP contribution in [0.4, 0.5) is 0 Å². The highest BCUT2D eigenvalue weighted by molar-refractivity contribution is 5.82. The van der Waals surface area contributed by atoms with Crippen molar-refractivity contribution in [3.63, 3.8) is 0 Å². The fourth-order valence-corrected chi connectivity index (χ4v) is 2.71. The number of nitrogens with one attached hydrogen (secondary N) is 1. The normalized spacial score (nSPS) is 25.2. The Morgan fingerprint density at radius 2 is 2.00 bits per heavy atom. The molecule has 2 aliphatic heterocycles. The SMILES string of the molecule is CCOC(=O)C1CCN(C(=O)[C@H]2CCCN2)CC1. The summed E-state index contributed by atoms with van der Waals surface area (Å²) in [5, 5.41) is 3.23. The molecule has 0 aromatic rings. The lowest BCUT2D eigenvalue weighted by Gasteiger charge is -2.32. The summed E-state index contributed by atoms with van der Waals surface area (Å²) >= 11 is 0. The molecule has 2 rings (SSSR count). The van der Waals surface area contributed by atoms with Gasteiger partial charge in [0, 0.05) is 13.1 Å². The zero-order valence-corrected chi connectivity index (χ0v) is 11.0. The van der Waals surface area contributed by atoms with Gasteiger partial charge in [-0.25, -0.2) is 0 Å². The number of esters is 1.